The van der Waals surface area contributed by atoms with Crippen LogP contribution < -0.4 is 4.74 Å². The van der Waals surface area contributed by atoms with Crippen molar-refractivity contribution < 1.29 is 9.84 Å². The van der Waals surface area contributed by atoms with Gasteiger partial charge in [0.2, 0.25) is 0 Å². The molecule has 0 spiro atoms. The molecule has 0 fully saturated rings. The topological polar surface area (TPSA) is 29.5 Å². The molecule has 1 aliphatic heterocycles. The third-order valence-corrected chi connectivity index (χ3v) is 2.86. The van der Waals surface area contributed by atoms with Gasteiger partial charge in [-0.15, -0.1) is 0 Å². The summed E-state index contributed by atoms with van der Waals surface area (Å²) >= 11 is 11.7. The van der Waals surface area contributed by atoms with Crippen LogP contribution in [0.5, 0.6) is 5.75 Å². The first-order chi connectivity index (χ1) is 6.20. The van der Waals surface area contributed by atoms with Gasteiger partial charge in [0.15, 0.2) is 0 Å². The maximum absolute atomic E-state index is 9.59. The maximum Gasteiger partial charge on any atom is 0.145 e. The van der Waals surface area contributed by atoms with Crippen LogP contribution in [0.1, 0.15) is 18.1 Å². The molecule has 1 atom stereocenters. The fraction of sp³-hybridized carbons (Fsp3) is 0.333. The van der Waals surface area contributed by atoms with E-state index in [-0.39, 0.29) is 0 Å². The highest BCUT2D eigenvalue weighted by atomic mass is 35.5. The van der Waals surface area contributed by atoms with Gasteiger partial charge >= 0.3 is 0 Å². The second-order valence-corrected chi connectivity index (χ2v) is 3.72. The molecular formula is C9H8Cl2O2. The molecule has 1 N–H and O–H groups in total. The van der Waals surface area contributed by atoms with Gasteiger partial charge in [-0.05, 0) is 6.07 Å². The molecule has 2 nitrogen and oxygen atoms in total. The highest BCUT2D eigenvalue weighted by Crippen LogP contribution is 2.41. The molecule has 0 saturated heterocycles. The summed E-state index contributed by atoms with van der Waals surface area (Å²) in [6.07, 6.45) is 0.115. The van der Waals surface area contributed by atoms with Gasteiger partial charge in [0, 0.05) is 12.0 Å². The largest absolute Gasteiger partial charge is 0.491 e. The number of hydrogen-bond acceptors (Lipinski definition) is 2. The van der Waals surface area contributed by atoms with E-state index in [9.17, 15) is 5.11 Å². The number of rotatable bonds is 0. The van der Waals surface area contributed by atoms with Gasteiger partial charge in [-0.2, -0.15) is 0 Å². The highest BCUT2D eigenvalue weighted by Gasteiger charge is 2.22. The van der Waals surface area contributed by atoms with E-state index in [1.165, 1.54) is 0 Å². The van der Waals surface area contributed by atoms with Crippen LogP contribution in [0.4, 0.5) is 0 Å². The number of benzene rings is 1. The molecule has 1 unspecified atom stereocenters. The molecule has 1 heterocycles. The summed E-state index contributed by atoms with van der Waals surface area (Å²) in [4.78, 5) is 0. The number of fused-ring (bicyclic) bond motifs is 1. The molecule has 4 heteroatoms. The fourth-order valence-corrected chi connectivity index (χ4v) is 1.76. The first kappa shape index (κ1) is 9.13. The van der Waals surface area contributed by atoms with Gasteiger partial charge < -0.3 is 9.84 Å². The second-order valence-electron chi connectivity index (χ2n) is 2.93. The van der Waals surface area contributed by atoms with Crippen LogP contribution in [0.25, 0.3) is 0 Å². The predicted molar refractivity (Wildman–Crippen MR) is 51.5 cm³/mol. The Morgan fingerprint density at radius 3 is 2.92 bits per heavy atom. The Hall–Kier alpha value is -0.440. The fourth-order valence-electron chi connectivity index (χ4n) is 1.38. The van der Waals surface area contributed by atoms with Crippen LogP contribution >= 0.6 is 23.2 Å². The SMILES string of the molecule is OC1CCOc2c1ccc(Cl)c2Cl. The van der Waals surface area contributed by atoms with Crippen LogP contribution in [-0.4, -0.2) is 11.7 Å². The summed E-state index contributed by atoms with van der Waals surface area (Å²) in [6.45, 7) is 0.480. The van der Waals surface area contributed by atoms with Crippen molar-refractivity contribution in [1.82, 2.24) is 0 Å². The lowest BCUT2D eigenvalue weighted by Crippen LogP contribution is -2.13. The Labute approximate surface area is 86.0 Å². The maximum atomic E-state index is 9.59. The van der Waals surface area contributed by atoms with Gasteiger partial charge in [0.25, 0.3) is 0 Å². The van der Waals surface area contributed by atoms with Gasteiger partial charge in [-0.3, -0.25) is 0 Å². The molecule has 0 radical (unpaired) electrons. The summed E-state index contributed by atoms with van der Waals surface area (Å²) in [5, 5.41) is 10.4. The molecule has 2 rings (SSSR count). The van der Waals surface area contributed by atoms with E-state index in [1.54, 1.807) is 12.1 Å². The van der Waals surface area contributed by atoms with Gasteiger partial charge in [0.05, 0.1) is 17.7 Å². The van der Waals surface area contributed by atoms with Crippen LogP contribution in [0.2, 0.25) is 10.0 Å². The minimum atomic E-state index is -0.487. The Morgan fingerprint density at radius 1 is 1.38 bits per heavy atom. The molecule has 0 aliphatic carbocycles. The Bertz CT molecular complexity index is 339. The van der Waals surface area contributed by atoms with E-state index in [0.29, 0.717) is 28.8 Å². The molecule has 1 aromatic carbocycles. The van der Waals surface area contributed by atoms with E-state index in [1.807, 2.05) is 0 Å². The molecule has 70 valence electrons. The number of halogens is 2. The molecule has 0 bridgehead atoms. The van der Waals surface area contributed by atoms with Crippen molar-refractivity contribution >= 4 is 23.2 Å². The monoisotopic (exact) mass is 218 g/mol. The molecule has 13 heavy (non-hydrogen) atoms. The number of aliphatic hydroxyl groups excluding tert-OH is 1. The number of aliphatic hydroxyl groups is 1. The lowest BCUT2D eigenvalue weighted by molar-refractivity contribution is 0.115. The summed E-state index contributed by atoms with van der Waals surface area (Å²) in [7, 11) is 0. The van der Waals surface area contributed by atoms with Crippen molar-refractivity contribution in [3.63, 3.8) is 0 Å². The van der Waals surface area contributed by atoms with Gasteiger partial charge in [-0.25, -0.2) is 0 Å². The van der Waals surface area contributed by atoms with E-state index in [0.717, 1.165) is 5.56 Å². The van der Waals surface area contributed by atoms with Crippen molar-refractivity contribution in [2.24, 2.45) is 0 Å². The standard InChI is InChI=1S/C9H8Cl2O2/c10-6-2-1-5-7(12)3-4-13-9(5)8(6)11/h1-2,7,12H,3-4H2. The molecule has 1 aromatic rings. The van der Waals surface area contributed by atoms with E-state index >= 15 is 0 Å². The lowest BCUT2D eigenvalue weighted by atomic mass is 10.0. The minimum Gasteiger partial charge on any atom is -0.491 e. The average Bonchev–Trinajstić information content (AvgIpc) is 2.12. The Balaban J connectivity index is 2.56. The quantitative estimate of drug-likeness (QED) is 0.726. The second kappa shape index (κ2) is 3.37. The Kier molecular flexibility index (Phi) is 2.37. The van der Waals surface area contributed by atoms with Crippen molar-refractivity contribution in [3.05, 3.63) is 27.7 Å². The van der Waals surface area contributed by atoms with Crippen molar-refractivity contribution in [1.29, 1.82) is 0 Å². The number of hydrogen-bond donors (Lipinski definition) is 1. The third-order valence-electron chi connectivity index (χ3n) is 2.08. The van der Waals surface area contributed by atoms with Crippen LogP contribution in [-0.2, 0) is 0 Å². The molecular weight excluding hydrogens is 211 g/mol. The van der Waals surface area contributed by atoms with Crippen LogP contribution in [0, 0.1) is 0 Å². The average molecular weight is 219 g/mol. The van der Waals surface area contributed by atoms with Crippen LogP contribution in [0.3, 0.4) is 0 Å². The highest BCUT2D eigenvalue weighted by molar-refractivity contribution is 6.43. The zero-order valence-corrected chi connectivity index (χ0v) is 8.27. The van der Waals surface area contributed by atoms with Crippen molar-refractivity contribution in [3.8, 4) is 5.75 Å². The van der Waals surface area contributed by atoms with E-state index in [2.05, 4.69) is 0 Å². The summed E-state index contributed by atoms with van der Waals surface area (Å²) in [5.74, 6) is 0.521. The van der Waals surface area contributed by atoms with Crippen molar-refractivity contribution in [2.75, 3.05) is 6.61 Å². The van der Waals surface area contributed by atoms with Gasteiger partial charge in [0.1, 0.15) is 10.8 Å². The summed E-state index contributed by atoms with van der Waals surface area (Å²) < 4.78 is 5.33. The predicted octanol–water partition coefficient (Wildman–Crippen LogP) is 2.81. The summed E-state index contributed by atoms with van der Waals surface area (Å²) in [6, 6.07) is 3.41. The lowest BCUT2D eigenvalue weighted by Gasteiger charge is -2.23. The first-order valence-corrected chi connectivity index (χ1v) is 4.74. The minimum absolute atomic E-state index is 0.387. The van der Waals surface area contributed by atoms with E-state index < -0.39 is 6.10 Å². The Morgan fingerprint density at radius 2 is 2.15 bits per heavy atom. The molecule has 1 aliphatic rings. The number of ether oxygens (including phenoxy) is 1. The normalized spacial score (nSPS) is 20.7. The molecule has 0 aromatic heterocycles. The van der Waals surface area contributed by atoms with Crippen LogP contribution in [0.15, 0.2) is 12.1 Å². The zero-order chi connectivity index (χ0) is 9.42. The smallest absolute Gasteiger partial charge is 0.145 e. The summed E-state index contributed by atoms with van der Waals surface area (Å²) in [5.41, 5.74) is 0.723. The van der Waals surface area contributed by atoms with E-state index in [4.69, 9.17) is 27.9 Å². The third kappa shape index (κ3) is 1.50. The first-order valence-electron chi connectivity index (χ1n) is 3.99. The zero-order valence-electron chi connectivity index (χ0n) is 6.76. The molecule has 0 amide bonds. The van der Waals surface area contributed by atoms with Gasteiger partial charge in [-0.1, -0.05) is 29.3 Å². The van der Waals surface area contributed by atoms with Crippen molar-refractivity contribution in [2.45, 2.75) is 12.5 Å². The molecule has 0 saturated carbocycles.